The molecule has 0 aliphatic heterocycles. The number of hydrogen-bond donors (Lipinski definition) is 2. The number of ether oxygens (including phenoxy) is 1. The van der Waals surface area contributed by atoms with Crippen LogP contribution < -0.4 is 16.0 Å². The first-order valence-corrected chi connectivity index (χ1v) is 7.24. The molecule has 0 saturated heterocycles. The average molecular weight is 262 g/mol. The molecule has 1 aromatic rings. The van der Waals surface area contributed by atoms with Gasteiger partial charge in [0.15, 0.2) is 0 Å². The van der Waals surface area contributed by atoms with Crippen molar-refractivity contribution >= 4 is 0 Å². The molecule has 0 heterocycles. The van der Waals surface area contributed by atoms with Crippen molar-refractivity contribution in [2.24, 2.45) is 23.6 Å². The third-order valence-electron chi connectivity index (χ3n) is 4.34. The lowest BCUT2D eigenvalue weighted by atomic mass is 9.72. The topological polar surface area (TPSA) is 47.3 Å². The second-order valence-electron chi connectivity index (χ2n) is 6.10. The van der Waals surface area contributed by atoms with Crippen molar-refractivity contribution in [2.75, 3.05) is 7.11 Å². The molecule has 0 bridgehead atoms. The van der Waals surface area contributed by atoms with Crippen molar-refractivity contribution in [3.8, 4) is 5.75 Å². The molecular weight excluding hydrogens is 236 g/mol. The summed E-state index contributed by atoms with van der Waals surface area (Å²) in [5.41, 5.74) is 4.28. The predicted molar refractivity (Wildman–Crippen MR) is 78.7 cm³/mol. The molecule has 1 saturated carbocycles. The molecule has 3 heteroatoms. The highest BCUT2D eigenvalue weighted by Gasteiger charge is 2.30. The molecular formula is C16H26N2O. The van der Waals surface area contributed by atoms with Gasteiger partial charge in [0.1, 0.15) is 5.75 Å². The number of hydrazine groups is 1. The molecule has 0 radical (unpaired) electrons. The lowest BCUT2D eigenvalue weighted by Crippen LogP contribution is -2.37. The van der Waals surface area contributed by atoms with Gasteiger partial charge in [-0.25, -0.2) is 0 Å². The van der Waals surface area contributed by atoms with Crippen LogP contribution in [0.4, 0.5) is 0 Å². The van der Waals surface area contributed by atoms with Crippen molar-refractivity contribution in [2.45, 2.75) is 39.2 Å². The van der Waals surface area contributed by atoms with Crippen LogP contribution >= 0.6 is 0 Å². The van der Waals surface area contributed by atoms with Gasteiger partial charge in [-0.1, -0.05) is 26.0 Å². The standard InChI is InChI=1S/C16H26N2O/c1-11-8-12(2)10-14(9-11)16(18-17)13-4-6-15(19-3)7-5-13/h4-7,11-12,14,16,18H,8-10,17H2,1-3H3. The van der Waals surface area contributed by atoms with E-state index in [9.17, 15) is 0 Å². The van der Waals surface area contributed by atoms with E-state index in [0.717, 1.165) is 17.6 Å². The summed E-state index contributed by atoms with van der Waals surface area (Å²) < 4.78 is 5.21. The van der Waals surface area contributed by atoms with Crippen molar-refractivity contribution in [1.82, 2.24) is 5.43 Å². The van der Waals surface area contributed by atoms with E-state index in [0.29, 0.717) is 5.92 Å². The number of benzene rings is 1. The zero-order valence-electron chi connectivity index (χ0n) is 12.2. The zero-order valence-corrected chi connectivity index (χ0v) is 12.2. The van der Waals surface area contributed by atoms with Crippen molar-refractivity contribution in [3.05, 3.63) is 29.8 Å². The largest absolute Gasteiger partial charge is 0.497 e. The van der Waals surface area contributed by atoms with Gasteiger partial charge >= 0.3 is 0 Å². The molecule has 3 atom stereocenters. The van der Waals surface area contributed by atoms with Crippen LogP contribution in [0.1, 0.15) is 44.7 Å². The van der Waals surface area contributed by atoms with Gasteiger partial charge in [-0.2, -0.15) is 0 Å². The van der Waals surface area contributed by atoms with Crippen LogP contribution in [-0.2, 0) is 0 Å². The maximum Gasteiger partial charge on any atom is 0.118 e. The molecule has 3 unspecified atom stereocenters. The summed E-state index contributed by atoms with van der Waals surface area (Å²) in [6.45, 7) is 4.70. The van der Waals surface area contributed by atoms with Crippen LogP contribution in [0.5, 0.6) is 5.75 Å². The second-order valence-corrected chi connectivity index (χ2v) is 6.10. The van der Waals surface area contributed by atoms with E-state index < -0.39 is 0 Å². The highest BCUT2D eigenvalue weighted by Crippen LogP contribution is 2.39. The molecule has 1 aliphatic rings. The Morgan fingerprint density at radius 3 is 2.16 bits per heavy atom. The highest BCUT2D eigenvalue weighted by molar-refractivity contribution is 5.29. The quantitative estimate of drug-likeness (QED) is 0.646. The maximum atomic E-state index is 5.82. The number of methoxy groups -OCH3 is 1. The van der Waals surface area contributed by atoms with Gasteiger partial charge in [0.2, 0.25) is 0 Å². The molecule has 0 amide bonds. The van der Waals surface area contributed by atoms with Crippen LogP contribution in [0.15, 0.2) is 24.3 Å². The Hall–Kier alpha value is -1.06. The van der Waals surface area contributed by atoms with Gasteiger partial charge in [0.05, 0.1) is 7.11 Å². The molecule has 106 valence electrons. The Balaban J connectivity index is 2.13. The lowest BCUT2D eigenvalue weighted by Gasteiger charge is -2.36. The minimum atomic E-state index is 0.246. The fourth-order valence-electron chi connectivity index (χ4n) is 3.60. The first-order chi connectivity index (χ1) is 9.13. The fraction of sp³-hybridized carbons (Fsp3) is 0.625. The summed E-state index contributed by atoms with van der Waals surface area (Å²) in [5.74, 6) is 8.92. The number of rotatable bonds is 4. The van der Waals surface area contributed by atoms with Gasteiger partial charge in [-0.05, 0) is 54.7 Å². The van der Waals surface area contributed by atoms with Crippen LogP contribution in [0.25, 0.3) is 0 Å². The lowest BCUT2D eigenvalue weighted by molar-refractivity contribution is 0.177. The second kappa shape index (κ2) is 6.40. The summed E-state index contributed by atoms with van der Waals surface area (Å²) in [7, 11) is 1.69. The third-order valence-corrected chi connectivity index (χ3v) is 4.34. The molecule has 1 fully saturated rings. The van der Waals surface area contributed by atoms with Gasteiger partial charge in [-0.15, -0.1) is 0 Å². The Kier molecular flexibility index (Phi) is 4.83. The smallest absolute Gasteiger partial charge is 0.118 e. The van der Waals surface area contributed by atoms with E-state index in [1.54, 1.807) is 7.11 Å². The average Bonchev–Trinajstić information content (AvgIpc) is 2.39. The highest BCUT2D eigenvalue weighted by atomic mass is 16.5. The van der Waals surface area contributed by atoms with E-state index in [1.807, 2.05) is 12.1 Å². The minimum absolute atomic E-state index is 0.246. The molecule has 0 aromatic heterocycles. The van der Waals surface area contributed by atoms with Crippen molar-refractivity contribution in [3.63, 3.8) is 0 Å². The molecule has 0 spiro atoms. The summed E-state index contributed by atoms with van der Waals surface area (Å²) >= 11 is 0. The Morgan fingerprint density at radius 1 is 1.11 bits per heavy atom. The summed E-state index contributed by atoms with van der Waals surface area (Å²) in [6, 6.07) is 8.50. The van der Waals surface area contributed by atoms with Crippen LogP contribution in [0.3, 0.4) is 0 Å². The number of hydrogen-bond acceptors (Lipinski definition) is 3. The molecule has 1 aromatic carbocycles. The SMILES string of the molecule is COc1ccc(C(NN)C2CC(C)CC(C)C2)cc1. The van der Waals surface area contributed by atoms with Gasteiger partial charge in [0, 0.05) is 6.04 Å². The zero-order chi connectivity index (χ0) is 13.8. The number of nitrogens with two attached hydrogens (primary N) is 1. The molecule has 3 N–H and O–H groups in total. The fourth-order valence-corrected chi connectivity index (χ4v) is 3.60. The van der Waals surface area contributed by atoms with Crippen LogP contribution in [-0.4, -0.2) is 7.11 Å². The molecule has 19 heavy (non-hydrogen) atoms. The minimum Gasteiger partial charge on any atom is -0.497 e. The molecule has 1 aliphatic carbocycles. The van der Waals surface area contributed by atoms with Crippen LogP contribution in [0.2, 0.25) is 0 Å². The first kappa shape index (κ1) is 14.4. The van der Waals surface area contributed by atoms with Crippen molar-refractivity contribution < 1.29 is 4.74 Å². The Bertz CT molecular complexity index is 380. The van der Waals surface area contributed by atoms with E-state index in [-0.39, 0.29) is 6.04 Å². The predicted octanol–water partition coefficient (Wildman–Crippen LogP) is 3.27. The number of nitrogens with one attached hydrogen (secondary N) is 1. The third kappa shape index (κ3) is 3.48. The van der Waals surface area contributed by atoms with E-state index >= 15 is 0 Å². The Labute approximate surface area is 116 Å². The van der Waals surface area contributed by atoms with E-state index in [4.69, 9.17) is 10.6 Å². The van der Waals surface area contributed by atoms with E-state index in [1.165, 1.54) is 24.8 Å². The Morgan fingerprint density at radius 2 is 1.68 bits per heavy atom. The van der Waals surface area contributed by atoms with E-state index in [2.05, 4.69) is 31.4 Å². The summed E-state index contributed by atoms with van der Waals surface area (Å²) in [5, 5.41) is 0. The van der Waals surface area contributed by atoms with Gasteiger partial charge in [0.25, 0.3) is 0 Å². The monoisotopic (exact) mass is 262 g/mol. The molecule has 3 nitrogen and oxygen atoms in total. The summed E-state index contributed by atoms with van der Waals surface area (Å²) in [6.07, 6.45) is 3.85. The first-order valence-electron chi connectivity index (χ1n) is 7.24. The van der Waals surface area contributed by atoms with Crippen LogP contribution in [0, 0.1) is 17.8 Å². The van der Waals surface area contributed by atoms with Gasteiger partial charge in [-0.3, -0.25) is 11.3 Å². The maximum absolute atomic E-state index is 5.82. The van der Waals surface area contributed by atoms with Crippen molar-refractivity contribution in [1.29, 1.82) is 0 Å². The van der Waals surface area contributed by atoms with Gasteiger partial charge < -0.3 is 4.74 Å². The normalized spacial score (nSPS) is 28.9. The molecule has 2 rings (SSSR count). The summed E-state index contributed by atoms with van der Waals surface area (Å²) in [4.78, 5) is 0.